The molecule has 0 aromatic heterocycles. The Bertz CT molecular complexity index is 3110. The lowest BCUT2D eigenvalue weighted by molar-refractivity contribution is 0.732. The Hall–Kier alpha value is -7.14. The summed E-state index contributed by atoms with van der Waals surface area (Å²) in [4.78, 5) is 5.39. The molecule has 0 N–H and O–H groups in total. The van der Waals surface area contributed by atoms with Gasteiger partial charge < -0.3 is 9.71 Å². The van der Waals surface area contributed by atoms with Crippen molar-refractivity contribution in [1.29, 1.82) is 0 Å². The molecule has 4 heteroatoms. The topological polar surface area (TPSA) is 6.48 Å². The molecule has 0 amide bonds. The van der Waals surface area contributed by atoms with Crippen molar-refractivity contribution in [3.8, 4) is 11.1 Å². The monoisotopic (exact) mass is 778 g/mol. The average molecular weight is 779 g/mol. The Morgan fingerprint density at radius 2 is 0.983 bits per heavy atom. The molecule has 0 saturated heterocycles. The van der Waals surface area contributed by atoms with Crippen molar-refractivity contribution in [2.45, 2.75) is 12.3 Å². The SMILES string of the molecule is Cc1cc2c3c(c1)N1c4ccccc4C(c4ccccc4)(c4ccccc4)c4cccc(c41)B3N1c3ccccc3[Si](c3ccccc3)(c3ccccc3)c3cccc-2c31. The summed E-state index contributed by atoms with van der Waals surface area (Å²) < 4.78 is 0. The third-order valence-corrected chi connectivity index (χ3v) is 18.8. The molecule has 2 nitrogen and oxygen atoms in total. The summed E-state index contributed by atoms with van der Waals surface area (Å²) in [7, 11) is -2.83. The lowest BCUT2D eigenvalue weighted by Crippen LogP contribution is -2.79. The highest BCUT2D eigenvalue weighted by molar-refractivity contribution is 7.22. The van der Waals surface area contributed by atoms with Gasteiger partial charge in [0.15, 0.2) is 8.07 Å². The van der Waals surface area contributed by atoms with Crippen LogP contribution >= 0.6 is 0 Å². The van der Waals surface area contributed by atoms with Crippen LogP contribution in [0, 0.1) is 6.92 Å². The molecular weight excluding hydrogens is 740 g/mol. The van der Waals surface area contributed by atoms with Crippen molar-refractivity contribution in [2.75, 3.05) is 9.71 Å². The first-order valence-electron chi connectivity index (χ1n) is 21.1. The number of rotatable bonds is 4. The molecule has 0 unspecified atom stereocenters. The van der Waals surface area contributed by atoms with E-state index >= 15 is 0 Å². The Kier molecular flexibility index (Phi) is 7.01. The van der Waals surface area contributed by atoms with Gasteiger partial charge in [0.1, 0.15) is 0 Å². The minimum absolute atomic E-state index is 0.0651. The molecule has 4 aliphatic heterocycles. The molecule has 0 spiro atoms. The summed E-state index contributed by atoms with van der Waals surface area (Å²) in [6.07, 6.45) is 0. The second kappa shape index (κ2) is 12.4. The van der Waals surface area contributed by atoms with E-state index in [0.29, 0.717) is 0 Å². The highest BCUT2D eigenvalue weighted by atomic mass is 28.3. The van der Waals surface area contributed by atoms with Gasteiger partial charge in [0.05, 0.1) is 11.1 Å². The van der Waals surface area contributed by atoms with E-state index in [-0.39, 0.29) is 6.85 Å². The molecule has 0 radical (unpaired) electrons. The summed E-state index contributed by atoms with van der Waals surface area (Å²) in [5.74, 6) is 0. The zero-order chi connectivity index (χ0) is 39.6. The van der Waals surface area contributed by atoms with Crippen LogP contribution in [-0.2, 0) is 5.41 Å². The molecule has 0 aliphatic carbocycles. The van der Waals surface area contributed by atoms with Crippen molar-refractivity contribution >= 4 is 75.0 Å². The largest absolute Gasteiger partial charge is 0.376 e. The number of hydrogen-bond donors (Lipinski definition) is 0. The van der Waals surface area contributed by atoms with Crippen LogP contribution in [-0.4, -0.2) is 14.9 Å². The fourth-order valence-corrected chi connectivity index (χ4v) is 17.1. The maximum absolute atomic E-state index is 2.83. The summed E-state index contributed by atoms with van der Waals surface area (Å²) in [5.41, 5.74) is 17.7. The van der Waals surface area contributed by atoms with Crippen LogP contribution in [0.15, 0.2) is 218 Å². The van der Waals surface area contributed by atoms with Crippen LogP contribution in [0.2, 0.25) is 0 Å². The molecule has 9 aromatic rings. The molecule has 60 heavy (non-hydrogen) atoms. The fourth-order valence-electron chi connectivity index (χ4n) is 11.9. The zero-order valence-electron chi connectivity index (χ0n) is 33.3. The number of nitrogens with zero attached hydrogens (tertiary/aromatic N) is 2. The van der Waals surface area contributed by atoms with Gasteiger partial charge in [0.2, 0.25) is 0 Å². The lowest BCUT2D eigenvalue weighted by Gasteiger charge is -2.54. The number of para-hydroxylation sites is 4. The first-order valence-corrected chi connectivity index (χ1v) is 23.1. The molecule has 0 fully saturated rings. The van der Waals surface area contributed by atoms with E-state index in [1.54, 1.807) is 0 Å². The molecule has 9 aromatic carbocycles. The van der Waals surface area contributed by atoms with Crippen molar-refractivity contribution in [2.24, 2.45) is 0 Å². The molecule has 4 heterocycles. The van der Waals surface area contributed by atoms with Crippen LogP contribution in [0.4, 0.5) is 28.4 Å². The first-order chi connectivity index (χ1) is 29.7. The molecule has 13 rings (SSSR count). The van der Waals surface area contributed by atoms with Crippen molar-refractivity contribution < 1.29 is 0 Å². The van der Waals surface area contributed by atoms with E-state index in [4.69, 9.17) is 0 Å². The maximum Gasteiger partial charge on any atom is 0.333 e. The number of anilines is 5. The Balaban J connectivity index is 1.19. The van der Waals surface area contributed by atoms with Gasteiger partial charge in [0.25, 0.3) is 0 Å². The second-order valence-electron chi connectivity index (χ2n) is 16.8. The van der Waals surface area contributed by atoms with Crippen LogP contribution in [0.5, 0.6) is 0 Å². The van der Waals surface area contributed by atoms with E-state index in [2.05, 4.69) is 235 Å². The quantitative estimate of drug-likeness (QED) is 0.165. The first kappa shape index (κ1) is 33.8. The van der Waals surface area contributed by atoms with Crippen molar-refractivity contribution in [1.82, 2.24) is 0 Å². The normalized spacial score (nSPS) is 15.2. The predicted molar refractivity (Wildman–Crippen MR) is 254 cm³/mol. The maximum atomic E-state index is 2.76. The van der Waals surface area contributed by atoms with E-state index in [1.165, 1.54) is 99.1 Å². The van der Waals surface area contributed by atoms with Gasteiger partial charge in [-0.3, -0.25) is 0 Å². The van der Waals surface area contributed by atoms with Crippen LogP contribution in [0.1, 0.15) is 27.8 Å². The smallest absolute Gasteiger partial charge is 0.333 e. The molecular formula is C56H39BN2Si. The molecule has 0 bridgehead atoms. The van der Waals surface area contributed by atoms with Crippen LogP contribution < -0.4 is 41.4 Å². The van der Waals surface area contributed by atoms with Gasteiger partial charge >= 0.3 is 6.85 Å². The van der Waals surface area contributed by atoms with E-state index in [1.807, 2.05) is 0 Å². The van der Waals surface area contributed by atoms with E-state index < -0.39 is 13.5 Å². The minimum Gasteiger partial charge on any atom is -0.376 e. The van der Waals surface area contributed by atoms with Gasteiger partial charge in [-0.2, -0.15) is 0 Å². The molecule has 280 valence electrons. The Morgan fingerprint density at radius 1 is 0.433 bits per heavy atom. The predicted octanol–water partition coefficient (Wildman–Crippen LogP) is 9.09. The third-order valence-electron chi connectivity index (χ3n) is 14.0. The number of hydrogen-bond acceptors (Lipinski definition) is 2. The number of benzene rings is 9. The average Bonchev–Trinajstić information content (AvgIpc) is 3.32. The number of aryl methyl sites for hydroxylation is 1. The van der Waals surface area contributed by atoms with Crippen molar-refractivity contribution in [3.05, 3.63) is 246 Å². The number of fused-ring (bicyclic) bond motifs is 8. The van der Waals surface area contributed by atoms with Gasteiger partial charge in [0, 0.05) is 28.3 Å². The minimum atomic E-state index is -2.83. The Labute approximate surface area is 352 Å². The van der Waals surface area contributed by atoms with Crippen molar-refractivity contribution in [3.63, 3.8) is 0 Å². The highest BCUT2D eigenvalue weighted by Gasteiger charge is 2.57. The summed E-state index contributed by atoms with van der Waals surface area (Å²) in [6.45, 7) is 2.22. The summed E-state index contributed by atoms with van der Waals surface area (Å²) >= 11 is 0. The van der Waals surface area contributed by atoms with E-state index in [0.717, 1.165) is 0 Å². The van der Waals surface area contributed by atoms with Gasteiger partial charge in [-0.1, -0.05) is 200 Å². The second-order valence-corrected chi connectivity index (χ2v) is 20.5. The van der Waals surface area contributed by atoms with Crippen LogP contribution in [0.3, 0.4) is 0 Å². The Morgan fingerprint density at radius 3 is 1.67 bits per heavy atom. The highest BCUT2D eigenvalue weighted by Crippen LogP contribution is 2.59. The lowest BCUT2D eigenvalue weighted by atomic mass is 9.42. The third kappa shape index (κ3) is 4.14. The summed E-state index contributed by atoms with van der Waals surface area (Å²) in [5, 5.41) is 5.70. The van der Waals surface area contributed by atoms with Gasteiger partial charge in [-0.25, -0.2) is 0 Å². The van der Waals surface area contributed by atoms with E-state index in [9.17, 15) is 0 Å². The standard InChI is InChI=1S/C56H39BN2Si/c1-38-36-44-43-28-18-35-52-54(43)59(49-33-16-17-34-51(49)60(52,41-24-10-4-11-25-41)42-26-12-5-13-27-42)57-47-31-19-30-46-55(47)58(50(37-38)53(44)57)48-32-15-14-29-45(48)56(46,39-20-6-2-7-21-39)40-22-8-3-9-23-40/h2-37H,1H3. The molecule has 0 atom stereocenters. The fraction of sp³-hybridized carbons (Fsp3) is 0.0357. The van der Waals surface area contributed by atoms with Crippen LogP contribution in [0.25, 0.3) is 11.1 Å². The molecule has 4 aliphatic rings. The molecule has 0 saturated carbocycles. The van der Waals surface area contributed by atoms with Gasteiger partial charge in [-0.05, 0) is 90.2 Å². The summed E-state index contributed by atoms with van der Waals surface area (Å²) in [6, 6.07) is 83.1. The van der Waals surface area contributed by atoms with Gasteiger partial charge in [-0.15, -0.1) is 0 Å². The zero-order valence-corrected chi connectivity index (χ0v) is 34.3.